The minimum Gasteiger partial charge on any atom is -0.237 e. The molecule has 2 heterocycles. The van der Waals surface area contributed by atoms with Crippen molar-refractivity contribution in [3.63, 3.8) is 0 Å². The highest BCUT2D eigenvalue weighted by atomic mass is 35.5. The van der Waals surface area contributed by atoms with Gasteiger partial charge in [0.2, 0.25) is 0 Å². The van der Waals surface area contributed by atoms with Crippen molar-refractivity contribution in [1.82, 2.24) is 14.8 Å². The summed E-state index contributed by atoms with van der Waals surface area (Å²) in [4.78, 5) is 4.31. The summed E-state index contributed by atoms with van der Waals surface area (Å²) in [6.45, 7) is 0. The summed E-state index contributed by atoms with van der Waals surface area (Å²) in [5, 5.41) is 5.86. The predicted molar refractivity (Wildman–Crippen MR) is 94.3 cm³/mol. The Balaban J connectivity index is 1.93. The molecule has 0 fully saturated rings. The minimum atomic E-state index is -4.43. The number of rotatable bonds is 2. The van der Waals surface area contributed by atoms with Crippen LogP contribution in [0.3, 0.4) is 0 Å². The maximum atomic E-state index is 13.0. The molecule has 0 saturated carbocycles. The quantitative estimate of drug-likeness (QED) is 0.447. The number of benzene rings is 2. The highest BCUT2D eigenvalue weighted by Crippen LogP contribution is 2.33. The normalized spacial score (nSPS) is 11.8. The molecule has 3 nitrogen and oxygen atoms in total. The zero-order chi connectivity index (χ0) is 18.3. The Morgan fingerprint density at radius 2 is 1.69 bits per heavy atom. The molecule has 0 unspecified atom stereocenters. The second kappa shape index (κ2) is 6.14. The first-order valence-electron chi connectivity index (χ1n) is 7.71. The van der Waals surface area contributed by atoms with Gasteiger partial charge in [-0.25, -0.2) is 9.67 Å². The number of halogens is 4. The Labute approximate surface area is 151 Å². The van der Waals surface area contributed by atoms with Crippen LogP contribution in [0.2, 0.25) is 5.02 Å². The van der Waals surface area contributed by atoms with E-state index in [4.69, 9.17) is 11.6 Å². The van der Waals surface area contributed by atoms with Crippen LogP contribution in [-0.2, 0) is 6.18 Å². The molecule has 0 spiro atoms. The molecule has 0 aliphatic carbocycles. The summed E-state index contributed by atoms with van der Waals surface area (Å²) in [7, 11) is 0. The molecule has 0 saturated heterocycles. The average Bonchev–Trinajstić information content (AvgIpc) is 3.02. The second-order valence-corrected chi connectivity index (χ2v) is 6.13. The van der Waals surface area contributed by atoms with Crippen LogP contribution in [-0.4, -0.2) is 14.8 Å². The fourth-order valence-electron chi connectivity index (χ4n) is 2.77. The summed E-state index contributed by atoms with van der Waals surface area (Å²) in [6, 6.07) is 15.7. The maximum Gasteiger partial charge on any atom is 0.416 e. The van der Waals surface area contributed by atoms with Gasteiger partial charge >= 0.3 is 6.18 Å². The van der Waals surface area contributed by atoms with E-state index in [1.807, 2.05) is 18.2 Å². The molecule has 0 atom stereocenters. The topological polar surface area (TPSA) is 30.7 Å². The largest absolute Gasteiger partial charge is 0.416 e. The van der Waals surface area contributed by atoms with Crippen LogP contribution < -0.4 is 0 Å². The third-order valence-electron chi connectivity index (χ3n) is 3.98. The predicted octanol–water partition coefficient (Wildman–Crippen LogP) is 5.76. The van der Waals surface area contributed by atoms with E-state index in [9.17, 15) is 13.2 Å². The zero-order valence-electron chi connectivity index (χ0n) is 13.2. The number of hydrogen-bond donors (Lipinski definition) is 0. The summed E-state index contributed by atoms with van der Waals surface area (Å²) >= 11 is 5.93. The van der Waals surface area contributed by atoms with Crippen molar-refractivity contribution in [3.8, 4) is 16.9 Å². The van der Waals surface area contributed by atoms with Gasteiger partial charge in [0.15, 0.2) is 5.65 Å². The van der Waals surface area contributed by atoms with E-state index >= 15 is 0 Å². The first kappa shape index (κ1) is 16.6. The zero-order valence-corrected chi connectivity index (χ0v) is 14.0. The third kappa shape index (κ3) is 2.93. The van der Waals surface area contributed by atoms with Crippen LogP contribution in [0.4, 0.5) is 13.2 Å². The Bertz CT molecular complexity index is 1090. The van der Waals surface area contributed by atoms with Crippen LogP contribution in [0.25, 0.3) is 28.0 Å². The van der Waals surface area contributed by atoms with E-state index in [1.54, 1.807) is 30.5 Å². The van der Waals surface area contributed by atoms with Gasteiger partial charge in [0.1, 0.15) is 5.69 Å². The van der Waals surface area contributed by atoms with Gasteiger partial charge in [-0.15, -0.1) is 0 Å². The Hall–Kier alpha value is -2.86. The van der Waals surface area contributed by atoms with Crippen molar-refractivity contribution in [2.75, 3.05) is 0 Å². The van der Waals surface area contributed by atoms with Gasteiger partial charge in [0.05, 0.1) is 11.3 Å². The molecule has 4 aromatic rings. The maximum absolute atomic E-state index is 13.0. The van der Waals surface area contributed by atoms with Crippen LogP contribution in [0.15, 0.2) is 66.9 Å². The lowest BCUT2D eigenvalue weighted by Crippen LogP contribution is -2.06. The van der Waals surface area contributed by atoms with Crippen molar-refractivity contribution >= 4 is 22.6 Å². The third-order valence-corrected chi connectivity index (χ3v) is 4.23. The van der Waals surface area contributed by atoms with E-state index in [0.717, 1.165) is 23.1 Å². The molecule has 4 rings (SSSR count). The van der Waals surface area contributed by atoms with Crippen molar-refractivity contribution < 1.29 is 13.2 Å². The van der Waals surface area contributed by atoms with Crippen LogP contribution >= 0.6 is 11.6 Å². The number of pyridine rings is 1. The molecule has 0 bridgehead atoms. The standard InChI is InChI=1S/C19H11ClF3N3/c20-14-8-6-12(7-9-14)17-16-5-2-10-24-18(16)26(25-17)15-4-1-3-13(11-15)19(21,22)23/h1-11H. The highest BCUT2D eigenvalue weighted by Gasteiger charge is 2.30. The fraction of sp³-hybridized carbons (Fsp3) is 0.0526. The number of fused-ring (bicyclic) bond motifs is 1. The van der Waals surface area contributed by atoms with Gasteiger partial charge in [-0.05, 0) is 42.5 Å². The molecule has 0 aliphatic rings. The molecule has 0 amide bonds. The van der Waals surface area contributed by atoms with Gasteiger partial charge in [-0.3, -0.25) is 0 Å². The lowest BCUT2D eigenvalue weighted by atomic mass is 10.1. The highest BCUT2D eigenvalue weighted by molar-refractivity contribution is 6.30. The number of aromatic nitrogens is 3. The molecular weight excluding hydrogens is 363 g/mol. The van der Waals surface area contributed by atoms with Gasteiger partial charge in [0, 0.05) is 22.2 Å². The SMILES string of the molecule is FC(F)(F)c1cccc(-n2nc(-c3ccc(Cl)cc3)c3cccnc32)c1. The monoisotopic (exact) mass is 373 g/mol. The Morgan fingerprint density at radius 3 is 2.42 bits per heavy atom. The number of nitrogens with zero attached hydrogens (tertiary/aromatic N) is 3. The van der Waals surface area contributed by atoms with Gasteiger partial charge in [-0.2, -0.15) is 18.3 Å². The Morgan fingerprint density at radius 1 is 0.923 bits per heavy atom. The average molecular weight is 374 g/mol. The summed E-state index contributed by atoms with van der Waals surface area (Å²) < 4.78 is 40.6. The van der Waals surface area contributed by atoms with Gasteiger partial charge < -0.3 is 0 Å². The van der Waals surface area contributed by atoms with E-state index in [2.05, 4.69) is 10.1 Å². The fourth-order valence-corrected chi connectivity index (χ4v) is 2.89. The molecule has 7 heteroatoms. The molecule has 2 aromatic carbocycles. The molecule has 0 radical (unpaired) electrons. The molecule has 2 aromatic heterocycles. The van der Waals surface area contributed by atoms with Crippen LogP contribution in [0, 0.1) is 0 Å². The number of hydrogen-bond acceptors (Lipinski definition) is 2. The first-order valence-corrected chi connectivity index (χ1v) is 8.08. The minimum absolute atomic E-state index is 0.295. The molecule has 130 valence electrons. The first-order chi connectivity index (χ1) is 12.4. The summed E-state index contributed by atoms with van der Waals surface area (Å²) in [5.74, 6) is 0. The lowest BCUT2D eigenvalue weighted by Gasteiger charge is -2.09. The smallest absolute Gasteiger partial charge is 0.237 e. The van der Waals surface area contributed by atoms with Crippen molar-refractivity contribution in [3.05, 3.63) is 77.4 Å². The van der Waals surface area contributed by atoms with Crippen molar-refractivity contribution in [1.29, 1.82) is 0 Å². The molecule has 0 N–H and O–H groups in total. The number of alkyl halides is 3. The van der Waals surface area contributed by atoms with Crippen molar-refractivity contribution in [2.24, 2.45) is 0 Å². The summed E-state index contributed by atoms with van der Waals surface area (Å²) in [6.07, 6.45) is -2.84. The van der Waals surface area contributed by atoms with Gasteiger partial charge in [0.25, 0.3) is 0 Å². The van der Waals surface area contributed by atoms with E-state index < -0.39 is 11.7 Å². The van der Waals surface area contributed by atoms with E-state index in [1.165, 1.54) is 10.7 Å². The lowest BCUT2D eigenvalue weighted by molar-refractivity contribution is -0.137. The van der Waals surface area contributed by atoms with Crippen LogP contribution in [0.1, 0.15) is 5.56 Å². The molecular formula is C19H11ClF3N3. The van der Waals surface area contributed by atoms with Gasteiger partial charge in [-0.1, -0.05) is 29.8 Å². The summed E-state index contributed by atoms with van der Waals surface area (Å²) in [5.41, 5.74) is 1.48. The second-order valence-electron chi connectivity index (χ2n) is 5.69. The van der Waals surface area contributed by atoms with E-state index in [-0.39, 0.29) is 0 Å². The Kier molecular flexibility index (Phi) is 3.92. The molecule has 26 heavy (non-hydrogen) atoms. The van der Waals surface area contributed by atoms with Crippen molar-refractivity contribution in [2.45, 2.75) is 6.18 Å². The van der Waals surface area contributed by atoms with E-state index in [0.29, 0.717) is 22.1 Å². The molecule has 0 aliphatic heterocycles. The van der Waals surface area contributed by atoms with Crippen LogP contribution in [0.5, 0.6) is 0 Å².